The van der Waals surface area contributed by atoms with Crippen LogP contribution in [-0.2, 0) is 13.1 Å². The van der Waals surface area contributed by atoms with Gasteiger partial charge in [-0.05, 0) is 29.3 Å². The number of alkyl halides is 3. The Bertz CT molecular complexity index is 1010. The van der Waals surface area contributed by atoms with Gasteiger partial charge in [-0.3, -0.25) is 4.68 Å². The number of methoxy groups -OCH3 is 1. The molecule has 31 heavy (non-hydrogen) atoms. The molecular formula is C21H21F3N4O3. The van der Waals surface area contributed by atoms with Gasteiger partial charge in [0.1, 0.15) is 0 Å². The molecule has 7 nitrogen and oxygen atoms in total. The van der Waals surface area contributed by atoms with Crippen LogP contribution in [0.5, 0.6) is 11.5 Å². The number of aromatic nitrogens is 2. The third-order valence-corrected chi connectivity index (χ3v) is 4.26. The van der Waals surface area contributed by atoms with E-state index in [-0.39, 0.29) is 23.7 Å². The molecule has 2 amide bonds. The minimum Gasteiger partial charge on any atom is -0.493 e. The fourth-order valence-electron chi connectivity index (χ4n) is 2.83. The molecule has 0 aliphatic carbocycles. The van der Waals surface area contributed by atoms with Crippen molar-refractivity contribution < 1.29 is 27.4 Å². The number of anilines is 1. The van der Waals surface area contributed by atoms with E-state index in [0.717, 1.165) is 11.1 Å². The van der Waals surface area contributed by atoms with Gasteiger partial charge in [-0.15, -0.1) is 0 Å². The number of amides is 2. The lowest BCUT2D eigenvalue weighted by Crippen LogP contribution is -2.28. The Morgan fingerprint density at radius 3 is 2.55 bits per heavy atom. The van der Waals surface area contributed by atoms with Gasteiger partial charge in [-0.2, -0.15) is 18.3 Å². The molecule has 2 N–H and O–H groups in total. The Kier molecular flexibility index (Phi) is 7.01. The maximum absolute atomic E-state index is 12.4. The molecule has 0 bridgehead atoms. The minimum atomic E-state index is -4.49. The van der Waals surface area contributed by atoms with Crippen LogP contribution in [0.1, 0.15) is 11.1 Å². The molecule has 0 unspecified atom stereocenters. The van der Waals surface area contributed by atoms with Gasteiger partial charge in [-0.1, -0.05) is 24.3 Å². The number of ether oxygens (including phenoxy) is 2. The summed E-state index contributed by atoms with van der Waals surface area (Å²) in [5, 5.41) is 9.50. The van der Waals surface area contributed by atoms with Crippen molar-refractivity contribution >= 4 is 11.7 Å². The van der Waals surface area contributed by atoms with Crippen LogP contribution in [0.15, 0.2) is 60.9 Å². The number of rotatable bonds is 8. The number of benzene rings is 2. The van der Waals surface area contributed by atoms with Gasteiger partial charge in [0, 0.05) is 30.7 Å². The smallest absolute Gasteiger partial charge is 0.422 e. The van der Waals surface area contributed by atoms with E-state index in [1.54, 1.807) is 10.9 Å². The fourth-order valence-corrected chi connectivity index (χ4v) is 2.83. The van der Waals surface area contributed by atoms with Crippen LogP contribution in [0.3, 0.4) is 0 Å². The molecule has 1 aromatic heterocycles. The topological polar surface area (TPSA) is 77.4 Å². The lowest BCUT2D eigenvalue weighted by molar-refractivity contribution is -0.153. The molecule has 0 atom stereocenters. The number of halogens is 3. The number of urea groups is 1. The minimum absolute atomic E-state index is 0.123. The van der Waals surface area contributed by atoms with E-state index in [0.29, 0.717) is 6.54 Å². The van der Waals surface area contributed by atoms with Gasteiger partial charge in [-0.25, -0.2) is 4.79 Å². The van der Waals surface area contributed by atoms with Crippen molar-refractivity contribution in [2.45, 2.75) is 19.3 Å². The van der Waals surface area contributed by atoms with Gasteiger partial charge >= 0.3 is 12.2 Å². The number of carbonyl (C=O) groups is 1. The molecule has 0 aliphatic rings. The fraction of sp³-hybridized carbons (Fsp3) is 0.238. The molecule has 0 saturated carbocycles. The van der Waals surface area contributed by atoms with Crippen molar-refractivity contribution in [1.29, 1.82) is 0 Å². The normalized spacial score (nSPS) is 11.1. The average Bonchev–Trinajstić information content (AvgIpc) is 3.24. The van der Waals surface area contributed by atoms with Crippen LogP contribution in [0.25, 0.3) is 0 Å². The van der Waals surface area contributed by atoms with Gasteiger partial charge in [0.25, 0.3) is 0 Å². The highest BCUT2D eigenvalue weighted by Gasteiger charge is 2.29. The number of nitrogens with one attached hydrogen (secondary N) is 2. The number of hydrogen-bond acceptors (Lipinski definition) is 4. The molecule has 10 heteroatoms. The zero-order valence-electron chi connectivity index (χ0n) is 16.6. The first-order valence-corrected chi connectivity index (χ1v) is 9.31. The molecule has 0 spiro atoms. The van der Waals surface area contributed by atoms with Gasteiger partial charge in [0.2, 0.25) is 0 Å². The van der Waals surface area contributed by atoms with E-state index in [4.69, 9.17) is 9.47 Å². The van der Waals surface area contributed by atoms with Crippen molar-refractivity contribution in [1.82, 2.24) is 15.1 Å². The molecule has 2 aromatic carbocycles. The Labute approximate surface area is 176 Å². The van der Waals surface area contributed by atoms with Crippen molar-refractivity contribution in [3.05, 3.63) is 72.1 Å². The molecule has 3 rings (SSSR count). The first kappa shape index (κ1) is 22.0. The second-order valence-electron chi connectivity index (χ2n) is 6.55. The predicted molar refractivity (Wildman–Crippen MR) is 108 cm³/mol. The van der Waals surface area contributed by atoms with E-state index < -0.39 is 18.8 Å². The first-order valence-electron chi connectivity index (χ1n) is 9.31. The van der Waals surface area contributed by atoms with E-state index in [1.807, 2.05) is 36.5 Å². The number of hydrogen-bond donors (Lipinski definition) is 2. The maximum atomic E-state index is 12.4. The quantitative estimate of drug-likeness (QED) is 0.557. The van der Waals surface area contributed by atoms with Crippen LogP contribution in [-0.4, -0.2) is 35.7 Å². The molecular weight excluding hydrogens is 413 g/mol. The molecule has 3 aromatic rings. The third kappa shape index (κ3) is 6.66. The average molecular weight is 434 g/mol. The highest BCUT2D eigenvalue weighted by molar-refractivity contribution is 5.89. The Hall–Kier alpha value is -3.69. The van der Waals surface area contributed by atoms with Crippen LogP contribution in [0.4, 0.5) is 23.7 Å². The Balaban J connectivity index is 1.61. The van der Waals surface area contributed by atoms with Crippen LogP contribution in [0, 0.1) is 0 Å². The standard InChI is InChI=1S/C21H21F3N4O3/c1-30-18-8-7-17(11-19(18)31-14-21(22,23)24)27-20(29)25-12-15-5-2-3-6-16(15)13-28-10-4-9-26-28/h2-11H,12-14H2,1H3,(H2,25,27,29). The molecule has 0 radical (unpaired) electrons. The molecule has 0 aliphatic heterocycles. The monoisotopic (exact) mass is 434 g/mol. The van der Waals surface area contributed by atoms with Crippen LogP contribution in [0.2, 0.25) is 0 Å². The second-order valence-corrected chi connectivity index (χ2v) is 6.55. The number of nitrogens with zero attached hydrogens (tertiary/aromatic N) is 2. The van der Waals surface area contributed by atoms with E-state index >= 15 is 0 Å². The second kappa shape index (κ2) is 9.88. The summed E-state index contributed by atoms with van der Waals surface area (Å²) < 4.78 is 48.9. The summed E-state index contributed by atoms with van der Waals surface area (Å²) in [5.74, 6) is 0.00458. The van der Waals surface area contributed by atoms with Gasteiger partial charge < -0.3 is 20.1 Å². The summed E-state index contributed by atoms with van der Waals surface area (Å²) in [5.41, 5.74) is 2.18. The summed E-state index contributed by atoms with van der Waals surface area (Å²) >= 11 is 0. The maximum Gasteiger partial charge on any atom is 0.422 e. The molecule has 0 fully saturated rings. The SMILES string of the molecule is COc1ccc(NC(=O)NCc2ccccc2Cn2cccn2)cc1OCC(F)(F)F. The van der Waals surface area contributed by atoms with Crippen molar-refractivity contribution in [2.24, 2.45) is 0 Å². The predicted octanol–water partition coefficient (Wildman–Crippen LogP) is 4.20. The summed E-state index contributed by atoms with van der Waals surface area (Å²) in [6.45, 7) is -0.645. The van der Waals surface area contributed by atoms with Crippen molar-refractivity contribution in [3.63, 3.8) is 0 Å². The Morgan fingerprint density at radius 2 is 1.87 bits per heavy atom. The molecule has 0 saturated heterocycles. The number of carbonyl (C=O) groups excluding carboxylic acids is 1. The highest BCUT2D eigenvalue weighted by Crippen LogP contribution is 2.31. The lowest BCUT2D eigenvalue weighted by Gasteiger charge is -2.15. The van der Waals surface area contributed by atoms with Crippen molar-refractivity contribution in [3.8, 4) is 11.5 Å². The van der Waals surface area contributed by atoms with Crippen molar-refractivity contribution in [2.75, 3.05) is 19.0 Å². The summed E-state index contributed by atoms with van der Waals surface area (Å²) in [7, 11) is 1.32. The van der Waals surface area contributed by atoms with E-state index in [1.165, 1.54) is 25.3 Å². The summed E-state index contributed by atoms with van der Waals surface area (Å²) in [6, 6.07) is 13.1. The largest absolute Gasteiger partial charge is 0.493 e. The Morgan fingerprint density at radius 1 is 1.10 bits per heavy atom. The molecule has 164 valence electrons. The summed E-state index contributed by atoms with van der Waals surface area (Å²) in [6.07, 6.45) is -0.954. The van der Waals surface area contributed by atoms with Gasteiger partial charge in [0.05, 0.1) is 13.7 Å². The summed E-state index contributed by atoms with van der Waals surface area (Å²) in [4.78, 5) is 12.3. The molecule has 1 heterocycles. The highest BCUT2D eigenvalue weighted by atomic mass is 19.4. The zero-order valence-corrected chi connectivity index (χ0v) is 16.6. The first-order chi connectivity index (χ1) is 14.8. The van der Waals surface area contributed by atoms with E-state index in [2.05, 4.69) is 15.7 Å². The van der Waals surface area contributed by atoms with E-state index in [9.17, 15) is 18.0 Å². The zero-order chi connectivity index (χ0) is 22.3. The van der Waals surface area contributed by atoms with Crippen LogP contribution < -0.4 is 20.1 Å². The lowest BCUT2D eigenvalue weighted by atomic mass is 10.1. The third-order valence-electron chi connectivity index (χ3n) is 4.26. The van der Waals surface area contributed by atoms with Gasteiger partial charge in [0.15, 0.2) is 18.1 Å². The van der Waals surface area contributed by atoms with Crippen LogP contribution >= 0.6 is 0 Å².